The Balaban J connectivity index is 0.00000420. The zero-order valence-electron chi connectivity index (χ0n) is 19.0. The Labute approximate surface area is 193 Å². The molecule has 0 aromatic carbocycles. The molecular formula is C21H41IN6O. The zero-order valence-corrected chi connectivity index (χ0v) is 21.3. The third kappa shape index (κ3) is 8.05. The zero-order chi connectivity index (χ0) is 20.7. The Morgan fingerprint density at radius 3 is 2.52 bits per heavy atom. The number of likely N-dealkylation sites (tertiary alicyclic amines) is 1. The van der Waals surface area contributed by atoms with Crippen molar-refractivity contribution in [2.75, 3.05) is 32.7 Å². The second kappa shape index (κ2) is 12.1. The fraction of sp³-hybridized carbons (Fsp3) is 0.810. The minimum absolute atomic E-state index is 0. The number of hydrogen-bond donors (Lipinski definition) is 3. The monoisotopic (exact) mass is 520 g/mol. The summed E-state index contributed by atoms with van der Waals surface area (Å²) in [6.45, 7) is 15.0. The van der Waals surface area contributed by atoms with E-state index in [1.165, 1.54) is 25.9 Å². The molecule has 7 nitrogen and oxygen atoms in total. The predicted molar refractivity (Wildman–Crippen MR) is 131 cm³/mol. The molecule has 1 aromatic heterocycles. The van der Waals surface area contributed by atoms with Gasteiger partial charge in [-0.3, -0.25) is 9.58 Å². The number of hydrogen-bond acceptors (Lipinski definition) is 4. The number of aryl methyl sites for hydroxylation is 1. The van der Waals surface area contributed by atoms with Crippen molar-refractivity contribution in [2.24, 2.45) is 23.9 Å². The summed E-state index contributed by atoms with van der Waals surface area (Å²) in [5.74, 6) is 2.16. The number of nitrogens with one attached hydrogen (secondary N) is 2. The van der Waals surface area contributed by atoms with Crippen LogP contribution in [-0.4, -0.2) is 64.5 Å². The van der Waals surface area contributed by atoms with Crippen molar-refractivity contribution in [2.45, 2.75) is 59.1 Å². The average molecular weight is 521 g/mol. The van der Waals surface area contributed by atoms with Crippen molar-refractivity contribution < 1.29 is 5.11 Å². The van der Waals surface area contributed by atoms with Gasteiger partial charge in [-0.1, -0.05) is 20.8 Å². The maximum absolute atomic E-state index is 10.8. The molecule has 0 bridgehead atoms. The van der Waals surface area contributed by atoms with E-state index in [9.17, 15) is 5.11 Å². The highest BCUT2D eigenvalue weighted by atomic mass is 127. The van der Waals surface area contributed by atoms with Gasteiger partial charge in [0.15, 0.2) is 5.96 Å². The number of guanidine groups is 1. The molecule has 0 aliphatic carbocycles. The highest BCUT2D eigenvalue weighted by molar-refractivity contribution is 14.0. The molecule has 2 unspecified atom stereocenters. The van der Waals surface area contributed by atoms with Gasteiger partial charge in [-0.05, 0) is 51.6 Å². The summed E-state index contributed by atoms with van der Waals surface area (Å²) >= 11 is 0. The number of rotatable bonds is 8. The SMILES string of the molecule is CCNC(=NCC(C)(O)c1cnn(C)c1)NCC(C(C)C)N1CCC(C)CC1.I. The highest BCUT2D eigenvalue weighted by Gasteiger charge is 2.27. The van der Waals surface area contributed by atoms with E-state index < -0.39 is 5.60 Å². The summed E-state index contributed by atoms with van der Waals surface area (Å²) in [6.07, 6.45) is 6.10. The van der Waals surface area contributed by atoms with Gasteiger partial charge in [0, 0.05) is 37.9 Å². The first-order valence-corrected chi connectivity index (χ1v) is 10.7. The van der Waals surface area contributed by atoms with Gasteiger partial charge in [-0.25, -0.2) is 4.99 Å². The van der Waals surface area contributed by atoms with E-state index in [2.05, 4.69) is 53.3 Å². The van der Waals surface area contributed by atoms with E-state index in [1.54, 1.807) is 17.8 Å². The van der Waals surface area contributed by atoms with Crippen LogP contribution in [0, 0.1) is 11.8 Å². The van der Waals surface area contributed by atoms with Crippen LogP contribution in [0.25, 0.3) is 0 Å². The Bertz CT molecular complexity index is 622. The van der Waals surface area contributed by atoms with Gasteiger partial charge in [0.2, 0.25) is 0 Å². The molecule has 1 saturated heterocycles. The van der Waals surface area contributed by atoms with Crippen LogP contribution < -0.4 is 10.6 Å². The van der Waals surface area contributed by atoms with Crippen LogP contribution in [0.4, 0.5) is 0 Å². The van der Waals surface area contributed by atoms with Crippen molar-refractivity contribution in [3.05, 3.63) is 18.0 Å². The maximum Gasteiger partial charge on any atom is 0.191 e. The smallest absolute Gasteiger partial charge is 0.191 e. The molecule has 0 radical (unpaired) electrons. The summed E-state index contributed by atoms with van der Waals surface area (Å²) in [7, 11) is 1.85. The summed E-state index contributed by atoms with van der Waals surface area (Å²) in [5, 5.41) is 21.7. The van der Waals surface area contributed by atoms with E-state index in [0.29, 0.717) is 12.0 Å². The lowest BCUT2D eigenvalue weighted by atomic mass is 9.94. The van der Waals surface area contributed by atoms with Crippen LogP contribution >= 0.6 is 24.0 Å². The van der Waals surface area contributed by atoms with Crippen LogP contribution in [-0.2, 0) is 12.6 Å². The van der Waals surface area contributed by atoms with Crippen LogP contribution in [0.2, 0.25) is 0 Å². The number of aromatic nitrogens is 2. The molecule has 1 fully saturated rings. The quantitative estimate of drug-likeness (QED) is 0.279. The molecule has 168 valence electrons. The second-order valence-electron chi connectivity index (χ2n) is 8.78. The van der Waals surface area contributed by atoms with Gasteiger partial charge in [0.05, 0.1) is 12.7 Å². The van der Waals surface area contributed by atoms with Crippen molar-refractivity contribution in [1.29, 1.82) is 0 Å². The molecular weight excluding hydrogens is 479 g/mol. The van der Waals surface area contributed by atoms with Crippen LogP contribution in [0.1, 0.15) is 53.0 Å². The topological polar surface area (TPSA) is 77.7 Å². The summed E-state index contributed by atoms with van der Waals surface area (Å²) in [4.78, 5) is 7.27. The first-order chi connectivity index (χ1) is 13.2. The summed E-state index contributed by atoms with van der Waals surface area (Å²) in [6, 6.07) is 0.482. The van der Waals surface area contributed by atoms with Crippen molar-refractivity contribution in [3.63, 3.8) is 0 Å². The van der Waals surface area contributed by atoms with Gasteiger partial charge in [0.1, 0.15) is 5.60 Å². The van der Waals surface area contributed by atoms with Crippen molar-refractivity contribution >= 4 is 29.9 Å². The van der Waals surface area contributed by atoms with Gasteiger partial charge >= 0.3 is 0 Å². The van der Waals surface area contributed by atoms with E-state index in [4.69, 9.17) is 0 Å². The number of piperidine rings is 1. The maximum atomic E-state index is 10.8. The molecule has 0 spiro atoms. The number of halogens is 1. The molecule has 2 heterocycles. The highest BCUT2D eigenvalue weighted by Crippen LogP contribution is 2.21. The molecule has 0 amide bonds. The minimum Gasteiger partial charge on any atom is -0.383 e. The van der Waals surface area contributed by atoms with Gasteiger partial charge < -0.3 is 15.7 Å². The molecule has 3 N–H and O–H groups in total. The Kier molecular flexibility index (Phi) is 10.9. The molecule has 8 heteroatoms. The average Bonchev–Trinajstić information content (AvgIpc) is 3.08. The largest absolute Gasteiger partial charge is 0.383 e. The molecule has 2 rings (SSSR count). The normalized spacial score (nSPS) is 19.5. The van der Waals surface area contributed by atoms with E-state index >= 15 is 0 Å². The molecule has 1 aromatic rings. The third-order valence-corrected chi connectivity index (χ3v) is 5.75. The van der Waals surface area contributed by atoms with E-state index in [-0.39, 0.29) is 30.5 Å². The molecule has 2 atom stereocenters. The fourth-order valence-corrected chi connectivity index (χ4v) is 3.71. The molecule has 1 aliphatic heterocycles. The number of nitrogens with zero attached hydrogens (tertiary/aromatic N) is 4. The van der Waals surface area contributed by atoms with Gasteiger partial charge in [0.25, 0.3) is 0 Å². The van der Waals surface area contributed by atoms with Gasteiger partial charge in [-0.15, -0.1) is 24.0 Å². The molecule has 0 saturated carbocycles. The minimum atomic E-state index is -1.04. The third-order valence-electron chi connectivity index (χ3n) is 5.75. The Hall–Kier alpha value is -0.870. The van der Waals surface area contributed by atoms with Crippen LogP contribution in [0.15, 0.2) is 17.4 Å². The van der Waals surface area contributed by atoms with Crippen molar-refractivity contribution in [3.8, 4) is 0 Å². The number of aliphatic hydroxyl groups is 1. The van der Waals surface area contributed by atoms with Crippen molar-refractivity contribution in [1.82, 2.24) is 25.3 Å². The molecule has 29 heavy (non-hydrogen) atoms. The standard InChI is InChI=1S/C21H40N6O.HI/c1-7-22-20(24-15-21(5,28)18-12-25-26(6)14-18)23-13-19(16(2)3)27-10-8-17(4)9-11-27;/h12,14,16-17,19,28H,7-11,13,15H2,1-6H3,(H2,22,23,24);1H. The summed E-state index contributed by atoms with van der Waals surface area (Å²) < 4.78 is 1.70. The van der Waals surface area contributed by atoms with Crippen LogP contribution in [0.3, 0.4) is 0 Å². The fourth-order valence-electron chi connectivity index (χ4n) is 3.71. The lowest BCUT2D eigenvalue weighted by Gasteiger charge is -2.39. The first kappa shape index (κ1) is 26.2. The van der Waals surface area contributed by atoms with E-state index in [1.807, 2.05) is 13.2 Å². The Morgan fingerprint density at radius 1 is 1.34 bits per heavy atom. The molecule has 1 aliphatic rings. The second-order valence-corrected chi connectivity index (χ2v) is 8.78. The Morgan fingerprint density at radius 2 is 2.00 bits per heavy atom. The first-order valence-electron chi connectivity index (χ1n) is 10.7. The number of aliphatic imine (C=N–C) groups is 1. The van der Waals surface area contributed by atoms with Gasteiger partial charge in [-0.2, -0.15) is 5.10 Å². The lowest BCUT2D eigenvalue weighted by Crippen LogP contribution is -2.51. The van der Waals surface area contributed by atoms with Crippen LogP contribution in [0.5, 0.6) is 0 Å². The summed E-state index contributed by atoms with van der Waals surface area (Å²) in [5.41, 5.74) is -0.269. The lowest BCUT2D eigenvalue weighted by molar-refractivity contribution is 0.0671. The van der Waals surface area contributed by atoms with E-state index in [0.717, 1.165) is 30.5 Å². The predicted octanol–water partition coefficient (Wildman–Crippen LogP) is 2.56.